The van der Waals surface area contributed by atoms with E-state index in [1.54, 1.807) is 0 Å². The molecule has 0 radical (unpaired) electrons. The SMILES string of the molecule is Cc1cc(Sc2ccccc2)cc2c1SC[N+](c1ccccc1)=C2. The lowest BCUT2D eigenvalue weighted by molar-refractivity contribution is -0.411. The third-order valence-corrected chi connectivity index (χ3v) is 6.22. The van der Waals surface area contributed by atoms with Crippen molar-refractivity contribution in [2.24, 2.45) is 0 Å². The van der Waals surface area contributed by atoms with Crippen molar-refractivity contribution in [2.75, 3.05) is 5.88 Å². The van der Waals surface area contributed by atoms with Crippen molar-refractivity contribution >= 4 is 35.4 Å². The van der Waals surface area contributed by atoms with Gasteiger partial charge in [0.25, 0.3) is 0 Å². The van der Waals surface area contributed by atoms with Crippen LogP contribution in [0, 0.1) is 6.92 Å². The van der Waals surface area contributed by atoms with Crippen LogP contribution in [0.4, 0.5) is 5.69 Å². The molecule has 118 valence electrons. The van der Waals surface area contributed by atoms with Crippen LogP contribution in [-0.4, -0.2) is 16.7 Å². The molecule has 0 aliphatic carbocycles. The van der Waals surface area contributed by atoms with Crippen LogP contribution in [0.25, 0.3) is 0 Å². The molecule has 0 fully saturated rings. The largest absolute Gasteiger partial charge is 0.205 e. The number of hydrogen-bond acceptors (Lipinski definition) is 2. The number of aryl methyl sites for hydroxylation is 1. The summed E-state index contributed by atoms with van der Waals surface area (Å²) < 4.78 is 2.32. The van der Waals surface area contributed by atoms with Gasteiger partial charge in [-0.15, -0.1) is 0 Å². The summed E-state index contributed by atoms with van der Waals surface area (Å²) in [7, 11) is 0. The third kappa shape index (κ3) is 3.28. The highest BCUT2D eigenvalue weighted by Crippen LogP contribution is 2.36. The molecule has 1 aliphatic heterocycles. The van der Waals surface area contributed by atoms with Gasteiger partial charge >= 0.3 is 0 Å². The van der Waals surface area contributed by atoms with Crippen LogP contribution in [0.5, 0.6) is 0 Å². The van der Waals surface area contributed by atoms with Crippen LogP contribution < -0.4 is 0 Å². The molecule has 0 atom stereocenters. The first kappa shape index (κ1) is 15.6. The fourth-order valence-electron chi connectivity index (χ4n) is 2.85. The van der Waals surface area contributed by atoms with Gasteiger partial charge in [0.1, 0.15) is 0 Å². The molecule has 0 bridgehead atoms. The average molecular weight is 349 g/mol. The number of fused-ring (bicyclic) bond motifs is 1. The molecule has 0 saturated heterocycles. The van der Waals surface area contributed by atoms with Gasteiger partial charge in [-0.25, -0.2) is 0 Å². The van der Waals surface area contributed by atoms with Gasteiger partial charge in [-0.1, -0.05) is 59.9 Å². The normalized spacial score (nSPS) is 13.3. The summed E-state index contributed by atoms with van der Waals surface area (Å²) in [5.41, 5.74) is 3.92. The van der Waals surface area contributed by atoms with E-state index in [-0.39, 0.29) is 0 Å². The maximum absolute atomic E-state index is 2.32. The van der Waals surface area contributed by atoms with Crippen LogP contribution in [0.2, 0.25) is 0 Å². The summed E-state index contributed by atoms with van der Waals surface area (Å²) in [6.07, 6.45) is 2.28. The van der Waals surface area contributed by atoms with E-state index in [0.29, 0.717) is 0 Å². The standard InChI is InChI=1S/C21H18NS2/c1-16-12-20(24-19-10-6-3-7-11-19)13-17-14-22(15-23-21(16)17)18-8-4-2-5-9-18/h2-14H,15H2,1H3/q+1. The highest BCUT2D eigenvalue weighted by molar-refractivity contribution is 7.99. The molecule has 1 aliphatic rings. The fraction of sp³-hybridized carbons (Fsp3) is 0.0952. The molecule has 1 nitrogen and oxygen atoms in total. The molecular formula is C21H18NS2+. The van der Waals surface area contributed by atoms with Crippen molar-refractivity contribution in [3.63, 3.8) is 0 Å². The lowest BCUT2D eigenvalue weighted by atomic mass is 10.1. The maximum Gasteiger partial charge on any atom is 0.205 e. The smallest absolute Gasteiger partial charge is 0.188 e. The number of hydrogen-bond donors (Lipinski definition) is 0. The maximum atomic E-state index is 2.32. The Morgan fingerprint density at radius 1 is 0.875 bits per heavy atom. The minimum absolute atomic E-state index is 0.961. The quantitative estimate of drug-likeness (QED) is 0.536. The second-order valence-corrected chi connectivity index (χ2v) is 7.88. The van der Waals surface area contributed by atoms with E-state index in [2.05, 4.69) is 90.5 Å². The van der Waals surface area contributed by atoms with Crippen LogP contribution in [0.15, 0.2) is 87.5 Å². The molecule has 0 amide bonds. The summed E-state index contributed by atoms with van der Waals surface area (Å²) in [4.78, 5) is 3.98. The summed E-state index contributed by atoms with van der Waals surface area (Å²) >= 11 is 3.74. The Hall–Kier alpha value is -1.97. The highest BCUT2D eigenvalue weighted by atomic mass is 32.2. The molecule has 0 N–H and O–H groups in total. The van der Waals surface area contributed by atoms with Gasteiger partial charge in [0.05, 0.1) is 5.56 Å². The van der Waals surface area contributed by atoms with E-state index in [1.165, 1.54) is 31.5 Å². The number of para-hydroxylation sites is 1. The van der Waals surface area contributed by atoms with Gasteiger partial charge in [-0.2, -0.15) is 4.58 Å². The lowest BCUT2D eigenvalue weighted by Gasteiger charge is -2.15. The minimum atomic E-state index is 0.961. The van der Waals surface area contributed by atoms with Crippen molar-refractivity contribution in [1.29, 1.82) is 0 Å². The number of rotatable bonds is 3. The van der Waals surface area contributed by atoms with E-state index >= 15 is 0 Å². The monoisotopic (exact) mass is 348 g/mol. The molecule has 0 unspecified atom stereocenters. The Bertz CT molecular complexity index is 886. The Kier molecular flexibility index (Phi) is 4.46. The van der Waals surface area contributed by atoms with Gasteiger partial charge in [0.15, 0.2) is 12.1 Å². The summed E-state index contributed by atoms with van der Waals surface area (Å²) in [6.45, 7) is 2.22. The van der Waals surface area contributed by atoms with E-state index in [1.807, 2.05) is 23.5 Å². The Balaban J connectivity index is 1.71. The molecule has 4 rings (SSSR count). The predicted octanol–water partition coefficient (Wildman–Crippen LogP) is 5.97. The van der Waals surface area contributed by atoms with Crippen molar-refractivity contribution in [3.05, 3.63) is 83.9 Å². The Morgan fingerprint density at radius 3 is 2.33 bits per heavy atom. The van der Waals surface area contributed by atoms with Crippen molar-refractivity contribution in [2.45, 2.75) is 21.6 Å². The highest BCUT2D eigenvalue weighted by Gasteiger charge is 2.20. The Labute approximate surface area is 151 Å². The van der Waals surface area contributed by atoms with Crippen molar-refractivity contribution in [1.82, 2.24) is 0 Å². The van der Waals surface area contributed by atoms with Crippen LogP contribution in [0.1, 0.15) is 11.1 Å². The molecule has 24 heavy (non-hydrogen) atoms. The van der Waals surface area contributed by atoms with Gasteiger partial charge < -0.3 is 0 Å². The zero-order valence-electron chi connectivity index (χ0n) is 13.5. The van der Waals surface area contributed by atoms with Crippen LogP contribution in [0.3, 0.4) is 0 Å². The number of thioether (sulfide) groups is 1. The van der Waals surface area contributed by atoms with E-state index in [9.17, 15) is 0 Å². The lowest BCUT2D eigenvalue weighted by Crippen LogP contribution is -2.13. The molecule has 3 aromatic carbocycles. The van der Waals surface area contributed by atoms with Gasteiger partial charge in [-0.05, 0) is 36.8 Å². The number of benzene rings is 3. The van der Waals surface area contributed by atoms with Crippen molar-refractivity contribution < 1.29 is 4.58 Å². The topological polar surface area (TPSA) is 3.01 Å². The van der Waals surface area contributed by atoms with E-state index in [4.69, 9.17) is 0 Å². The second-order valence-electron chi connectivity index (χ2n) is 5.78. The summed E-state index contributed by atoms with van der Waals surface area (Å²) in [5, 5.41) is 0. The summed E-state index contributed by atoms with van der Waals surface area (Å²) in [6, 6.07) is 25.7. The van der Waals surface area contributed by atoms with Gasteiger partial charge in [-0.3, -0.25) is 0 Å². The van der Waals surface area contributed by atoms with Crippen LogP contribution in [-0.2, 0) is 0 Å². The first-order valence-corrected chi connectivity index (χ1v) is 9.77. The average Bonchev–Trinajstić information content (AvgIpc) is 2.63. The second kappa shape index (κ2) is 6.88. The molecule has 3 aromatic rings. The summed E-state index contributed by atoms with van der Waals surface area (Å²) in [5.74, 6) is 0.961. The van der Waals surface area contributed by atoms with E-state index < -0.39 is 0 Å². The number of nitrogens with zero attached hydrogens (tertiary/aromatic N) is 1. The van der Waals surface area contributed by atoms with Crippen LogP contribution >= 0.6 is 23.5 Å². The first-order valence-electron chi connectivity index (χ1n) is 7.96. The zero-order valence-corrected chi connectivity index (χ0v) is 15.1. The van der Waals surface area contributed by atoms with E-state index in [0.717, 1.165) is 5.88 Å². The first-order chi connectivity index (χ1) is 11.8. The van der Waals surface area contributed by atoms with Crippen molar-refractivity contribution in [3.8, 4) is 0 Å². The molecule has 0 spiro atoms. The molecule has 3 heteroatoms. The molecule has 0 aromatic heterocycles. The Morgan fingerprint density at radius 2 is 1.58 bits per heavy atom. The molecule has 1 heterocycles. The molecule has 0 saturated carbocycles. The third-order valence-electron chi connectivity index (χ3n) is 3.99. The molecular weight excluding hydrogens is 330 g/mol. The van der Waals surface area contributed by atoms with Gasteiger partial charge in [0.2, 0.25) is 5.69 Å². The predicted molar refractivity (Wildman–Crippen MR) is 104 cm³/mol. The van der Waals surface area contributed by atoms with Gasteiger partial charge in [0, 0.05) is 26.8 Å². The minimum Gasteiger partial charge on any atom is -0.188 e. The zero-order chi connectivity index (χ0) is 16.4. The fourth-order valence-corrected chi connectivity index (χ4v) is 4.90.